The topological polar surface area (TPSA) is 65.5 Å². The van der Waals surface area contributed by atoms with Crippen molar-refractivity contribution in [1.82, 2.24) is 15.4 Å². The summed E-state index contributed by atoms with van der Waals surface area (Å²) >= 11 is 6.42. The van der Waals surface area contributed by atoms with Crippen LogP contribution >= 0.6 is 24.0 Å². The number of aromatic nitrogens is 1. The number of carbonyl (C=O) groups is 2. The second kappa shape index (κ2) is 8.99. The fourth-order valence-electron chi connectivity index (χ4n) is 2.75. The molecule has 1 N–H and O–H groups in total. The standard InChI is InChI=1S/C20H20N4O2S2/c1-3-23(4-2)16-7-5-14(6-8-16)13-17-19(26)24(20(27)28-17)22-18(25)15-9-11-21-12-10-15/h5-13H,3-4H2,1-2H3,(H,22,25)/b17-13-. The molecule has 0 spiro atoms. The highest BCUT2D eigenvalue weighted by Gasteiger charge is 2.33. The van der Waals surface area contributed by atoms with E-state index in [4.69, 9.17) is 12.2 Å². The lowest BCUT2D eigenvalue weighted by Crippen LogP contribution is -2.44. The Balaban J connectivity index is 1.73. The van der Waals surface area contributed by atoms with Crippen LogP contribution in [0.15, 0.2) is 53.7 Å². The molecule has 1 aromatic carbocycles. The Hall–Kier alpha value is -2.71. The van der Waals surface area contributed by atoms with Gasteiger partial charge in [-0.15, -0.1) is 0 Å². The lowest BCUT2D eigenvalue weighted by Gasteiger charge is -2.20. The van der Waals surface area contributed by atoms with E-state index < -0.39 is 5.91 Å². The molecule has 0 radical (unpaired) electrons. The number of hydrazine groups is 1. The minimum Gasteiger partial charge on any atom is -0.372 e. The van der Waals surface area contributed by atoms with E-state index in [1.165, 1.54) is 12.4 Å². The number of anilines is 1. The third-order valence-electron chi connectivity index (χ3n) is 4.27. The lowest BCUT2D eigenvalue weighted by atomic mass is 10.1. The maximum absolute atomic E-state index is 12.7. The number of hydrogen-bond donors (Lipinski definition) is 1. The largest absolute Gasteiger partial charge is 0.372 e. The quantitative estimate of drug-likeness (QED) is 0.579. The number of thioether (sulfide) groups is 1. The summed E-state index contributed by atoms with van der Waals surface area (Å²) in [6.07, 6.45) is 4.81. The van der Waals surface area contributed by atoms with E-state index in [0.29, 0.717) is 14.8 Å². The Morgan fingerprint density at radius 1 is 1.18 bits per heavy atom. The van der Waals surface area contributed by atoms with E-state index >= 15 is 0 Å². The molecule has 0 bridgehead atoms. The van der Waals surface area contributed by atoms with Crippen LogP contribution in [-0.4, -0.2) is 39.2 Å². The third kappa shape index (κ3) is 4.40. The predicted octanol–water partition coefficient (Wildman–Crippen LogP) is 3.47. The van der Waals surface area contributed by atoms with Crippen molar-refractivity contribution in [3.05, 3.63) is 64.8 Å². The molecule has 2 aromatic rings. The maximum atomic E-state index is 12.7. The molecule has 1 saturated heterocycles. The van der Waals surface area contributed by atoms with Gasteiger partial charge in [-0.25, -0.2) is 0 Å². The lowest BCUT2D eigenvalue weighted by molar-refractivity contribution is -0.123. The molecule has 1 aliphatic heterocycles. The minimum absolute atomic E-state index is 0.290. The molecule has 144 valence electrons. The number of thiocarbonyl (C=S) groups is 1. The molecule has 0 saturated carbocycles. The van der Waals surface area contributed by atoms with E-state index in [2.05, 4.69) is 29.2 Å². The van der Waals surface area contributed by atoms with Gasteiger partial charge in [0.05, 0.1) is 4.91 Å². The Morgan fingerprint density at radius 2 is 1.82 bits per heavy atom. The van der Waals surface area contributed by atoms with E-state index in [-0.39, 0.29) is 5.91 Å². The zero-order valence-corrected chi connectivity index (χ0v) is 17.2. The average Bonchev–Trinajstić information content (AvgIpc) is 2.98. The van der Waals surface area contributed by atoms with Gasteiger partial charge >= 0.3 is 0 Å². The Labute approximate surface area is 173 Å². The van der Waals surface area contributed by atoms with Crippen molar-refractivity contribution in [2.24, 2.45) is 0 Å². The summed E-state index contributed by atoms with van der Waals surface area (Å²) in [5, 5.41) is 1.11. The first-order chi connectivity index (χ1) is 13.5. The fourth-order valence-corrected chi connectivity index (χ4v) is 3.93. The van der Waals surface area contributed by atoms with Gasteiger partial charge in [0.15, 0.2) is 4.32 Å². The van der Waals surface area contributed by atoms with Gasteiger partial charge < -0.3 is 4.90 Å². The molecule has 0 aliphatic carbocycles. The highest BCUT2D eigenvalue weighted by molar-refractivity contribution is 8.26. The molecule has 0 unspecified atom stereocenters. The van der Waals surface area contributed by atoms with Crippen molar-refractivity contribution in [3.63, 3.8) is 0 Å². The average molecular weight is 413 g/mol. The van der Waals surface area contributed by atoms with Gasteiger partial charge in [-0.3, -0.25) is 20.0 Å². The van der Waals surface area contributed by atoms with Gasteiger partial charge in [-0.05, 0) is 62.0 Å². The first kappa shape index (κ1) is 20.0. The Morgan fingerprint density at radius 3 is 2.43 bits per heavy atom. The number of nitrogens with zero attached hydrogens (tertiary/aromatic N) is 3. The molecule has 1 aromatic heterocycles. The van der Waals surface area contributed by atoms with Crippen LogP contribution in [0.5, 0.6) is 0 Å². The summed E-state index contributed by atoms with van der Waals surface area (Å²) in [6.45, 7) is 6.10. The SMILES string of the molecule is CCN(CC)c1ccc(/C=C2\SC(=S)N(NC(=O)c3ccncc3)C2=O)cc1. The van der Waals surface area contributed by atoms with Crippen molar-refractivity contribution in [3.8, 4) is 0 Å². The summed E-state index contributed by atoms with van der Waals surface area (Å²) in [7, 11) is 0. The summed E-state index contributed by atoms with van der Waals surface area (Å²) in [5.41, 5.74) is 5.00. The van der Waals surface area contributed by atoms with Gasteiger partial charge in [-0.1, -0.05) is 23.9 Å². The molecule has 1 aliphatic rings. The molecular weight excluding hydrogens is 392 g/mol. The van der Waals surface area contributed by atoms with Crippen LogP contribution < -0.4 is 10.3 Å². The van der Waals surface area contributed by atoms with Crippen LogP contribution in [0.4, 0.5) is 5.69 Å². The van der Waals surface area contributed by atoms with E-state index in [0.717, 1.165) is 41.1 Å². The van der Waals surface area contributed by atoms with Gasteiger partial charge in [0.2, 0.25) is 0 Å². The smallest absolute Gasteiger partial charge is 0.285 e. The predicted molar refractivity (Wildman–Crippen MR) is 117 cm³/mol. The molecule has 8 heteroatoms. The number of benzene rings is 1. The fraction of sp³-hybridized carbons (Fsp3) is 0.200. The van der Waals surface area contributed by atoms with Crippen molar-refractivity contribution in [1.29, 1.82) is 0 Å². The van der Waals surface area contributed by atoms with Crippen LogP contribution in [0.1, 0.15) is 29.8 Å². The number of nitrogens with one attached hydrogen (secondary N) is 1. The summed E-state index contributed by atoms with van der Waals surface area (Å²) in [6, 6.07) is 11.1. The molecule has 6 nitrogen and oxygen atoms in total. The Bertz CT molecular complexity index is 910. The highest BCUT2D eigenvalue weighted by atomic mass is 32.2. The van der Waals surface area contributed by atoms with Crippen LogP contribution in [0.3, 0.4) is 0 Å². The van der Waals surface area contributed by atoms with E-state index in [9.17, 15) is 9.59 Å². The summed E-state index contributed by atoms with van der Waals surface area (Å²) < 4.78 is 0.290. The number of hydrogen-bond acceptors (Lipinski definition) is 6. The van der Waals surface area contributed by atoms with Crippen molar-refractivity contribution < 1.29 is 9.59 Å². The molecule has 3 rings (SSSR count). The molecule has 2 amide bonds. The molecule has 1 fully saturated rings. The minimum atomic E-state index is -0.413. The van der Waals surface area contributed by atoms with Gasteiger partial charge in [0.25, 0.3) is 11.8 Å². The number of amides is 2. The summed E-state index contributed by atoms with van der Waals surface area (Å²) in [5.74, 6) is -0.756. The third-order valence-corrected chi connectivity index (χ3v) is 5.57. The monoisotopic (exact) mass is 412 g/mol. The van der Waals surface area contributed by atoms with Crippen LogP contribution in [0, 0.1) is 0 Å². The van der Waals surface area contributed by atoms with E-state index in [1.807, 2.05) is 24.3 Å². The van der Waals surface area contributed by atoms with Crippen LogP contribution in [0.2, 0.25) is 0 Å². The number of carbonyl (C=O) groups excluding carboxylic acids is 2. The zero-order chi connectivity index (χ0) is 20.1. The second-order valence-corrected chi connectivity index (χ2v) is 7.63. The van der Waals surface area contributed by atoms with Crippen molar-refractivity contribution in [2.75, 3.05) is 18.0 Å². The maximum Gasteiger partial charge on any atom is 0.285 e. The van der Waals surface area contributed by atoms with E-state index in [1.54, 1.807) is 18.2 Å². The molecule has 2 heterocycles. The van der Waals surface area contributed by atoms with Crippen molar-refractivity contribution in [2.45, 2.75) is 13.8 Å². The van der Waals surface area contributed by atoms with Crippen LogP contribution in [-0.2, 0) is 4.79 Å². The number of rotatable bonds is 6. The summed E-state index contributed by atoms with van der Waals surface area (Å²) in [4.78, 5) is 31.5. The highest BCUT2D eigenvalue weighted by Crippen LogP contribution is 2.31. The van der Waals surface area contributed by atoms with Crippen molar-refractivity contribution >= 4 is 51.9 Å². The molecule has 0 atom stereocenters. The zero-order valence-electron chi connectivity index (χ0n) is 15.6. The number of pyridine rings is 1. The molecule has 28 heavy (non-hydrogen) atoms. The first-order valence-corrected chi connectivity index (χ1v) is 10.1. The second-order valence-electron chi connectivity index (χ2n) is 5.96. The first-order valence-electron chi connectivity index (χ1n) is 8.87. The normalized spacial score (nSPS) is 15.2. The van der Waals surface area contributed by atoms with Gasteiger partial charge in [0.1, 0.15) is 0 Å². The Kier molecular flexibility index (Phi) is 6.43. The molecular formula is C20H20N4O2S2. The van der Waals surface area contributed by atoms with Crippen LogP contribution in [0.25, 0.3) is 6.08 Å². The van der Waals surface area contributed by atoms with Gasteiger partial charge in [0, 0.05) is 36.7 Å². The van der Waals surface area contributed by atoms with Gasteiger partial charge in [-0.2, -0.15) is 5.01 Å².